The number of hydrogen-bond donors (Lipinski definition) is 0. The Morgan fingerprint density at radius 1 is 1.09 bits per heavy atom. The molecule has 0 radical (unpaired) electrons. The van der Waals surface area contributed by atoms with Crippen molar-refractivity contribution in [3.63, 3.8) is 0 Å². The monoisotopic (exact) mass is 310 g/mol. The van der Waals surface area contributed by atoms with Crippen LogP contribution in [0.25, 0.3) is 0 Å². The third kappa shape index (κ3) is 3.42. The van der Waals surface area contributed by atoms with Gasteiger partial charge in [-0.3, -0.25) is 4.79 Å². The van der Waals surface area contributed by atoms with Crippen molar-refractivity contribution < 1.29 is 19.0 Å². The van der Waals surface area contributed by atoms with Gasteiger partial charge in [0.1, 0.15) is 18.2 Å². The van der Waals surface area contributed by atoms with Crippen LogP contribution in [0.1, 0.15) is 34.1 Å². The van der Waals surface area contributed by atoms with Crippen LogP contribution < -0.4 is 0 Å². The summed E-state index contributed by atoms with van der Waals surface area (Å²) in [6.45, 7) is 7.70. The number of nitrogens with zero attached hydrogens (tertiary/aromatic N) is 2. The number of carbonyl (C=O) groups is 1. The maximum absolute atomic E-state index is 11.1. The van der Waals surface area contributed by atoms with Crippen LogP contribution in [0.15, 0.2) is 9.98 Å². The average Bonchev–Trinajstić information content (AvgIpc) is 3.23. The van der Waals surface area contributed by atoms with Crippen molar-refractivity contribution in [3.8, 4) is 0 Å². The Labute approximate surface area is 131 Å². The Bertz CT molecular complexity index is 487. The first kappa shape index (κ1) is 16.8. The molecule has 0 aromatic carbocycles. The van der Waals surface area contributed by atoms with Gasteiger partial charge in [-0.2, -0.15) is 0 Å². The highest BCUT2D eigenvalue weighted by atomic mass is 16.5. The summed E-state index contributed by atoms with van der Waals surface area (Å²) < 4.78 is 16.2. The molecule has 1 aliphatic carbocycles. The van der Waals surface area contributed by atoms with Gasteiger partial charge in [-0.05, 0) is 18.3 Å². The third-order valence-electron chi connectivity index (χ3n) is 4.36. The van der Waals surface area contributed by atoms with Crippen molar-refractivity contribution in [2.24, 2.45) is 27.7 Å². The molecule has 22 heavy (non-hydrogen) atoms. The first-order valence-electron chi connectivity index (χ1n) is 7.79. The van der Waals surface area contributed by atoms with Gasteiger partial charge in [0.15, 0.2) is 0 Å². The highest BCUT2D eigenvalue weighted by Crippen LogP contribution is 2.43. The number of methoxy groups -OCH3 is 2. The van der Waals surface area contributed by atoms with Crippen molar-refractivity contribution in [2.45, 2.75) is 52.3 Å². The van der Waals surface area contributed by atoms with Crippen LogP contribution in [0.2, 0.25) is 0 Å². The molecule has 1 fully saturated rings. The van der Waals surface area contributed by atoms with Gasteiger partial charge in [0.25, 0.3) is 0 Å². The van der Waals surface area contributed by atoms with E-state index < -0.39 is 0 Å². The predicted molar refractivity (Wildman–Crippen MR) is 84.1 cm³/mol. The maximum atomic E-state index is 11.1. The lowest BCUT2D eigenvalue weighted by molar-refractivity contribution is -0.142. The second-order valence-corrected chi connectivity index (χ2v) is 6.38. The van der Waals surface area contributed by atoms with Gasteiger partial charge >= 0.3 is 5.97 Å². The summed E-state index contributed by atoms with van der Waals surface area (Å²) in [7, 11) is 3.25. The van der Waals surface area contributed by atoms with E-state index in [4.69, 9.17) is 19.2 Å². The van der Waals surface area contributed by atoms with Crippen molar-refractivity contribution in [1.82, 2.24) is 0 Å². The number of aliphatic imine (C=N–C) groups is 2. The lowest BCUT2D eigenvalue weighted by Gasteiger charge is -2.30. The molecule has 1 heterocycles. The van der Waals surface area contributed by atoms with E-state index in [9.17, 15) is 4.79 Å². The van der Waals surface area contributed by atoms with Gasteiger partial charge in [-0.25, -0.2) is 9.98 Å². The van der Waals surface area contributed by atoms with Gasteiger partial charge in [0, 0.05) is 12.8 Å². The van der Waals surface area contributed by atoms with Crippen LogP contribution in [-0.2, 0) is 19.0 Å². The summed E-state index contributed by atoms with van der Waals surface area (Å²) in [6, 6.07) is -0.285. The molecule has 0 N–H and O–H groups in total. The summed E-state index contributed by atoms with van der Waals surface area (Å²) in [5.74, 6) is 1.82. The Hall–Kier alpha value is -1.59. The maximum Gasteiger partial charge on any atom is 0.302 e. The fourth-order valence-corrected chi connectivity index (χ4v) is 2.99. The average molecular weight is 310 g/mol. The molecule has 2 rings (SSSR count). The van der Waals surface area contributed by atoms with E-state index in [-0.39, 0.29) is 36.0 Å². The summed E-state index contributed by atoms with van der Waals surface area (Å²) in [5.41, 5.74) is 0. The molecule has 6 nitrogen and oxygen atoms in total. The molecule has 1 aliphatic heterocycles. The SMILES string of the molecule is COC1=N[C@H](C(C)C)C(OC)=N[C@H]1[C@H](C)[C@H]1C[C@H]1OC(C)=O. The Morgan fingerprint density at radius 3 is 2.14 bits per heavy atom. The van der Waals surface area contributed by atoms with E-state index in [0.29, 0.717) is 17.7 Å². The normalized spacial score (nSPS) is 32.0. The number of ether oxygens (including phenoxy) is 3. The summed E-state index contributed by atoms with van der Waals surface area (Å²) in [4.78, 5) is 20.5. The van der Waals surface area contributed by atoms with Crippen LogP contribution in [-0.4, -0.2) is 50.2 Å². The zero-order valence-electron chi connectivity index (χ0n) is 14.2. The number of esters is 1. The van der Waals surface area contributed by atoms with Crippen molar-refractivity contribution >= 4 is 17.8 Å². The van der Waals surface area contributed by atoms with Crippen molar-refractivity contribution in [2.75, 3.05) is 14.2 Å². The first-order valence-corrected chi connectivity index (χ1v) is 7.79. The molecule has 0 amide bonds. The van der Waals surface area contributed by atoms with E-state index >= 15 is 0 Å². The lowest BCUT2D eigenvalue weighted by atomic mass is 9.94. The van der Waals surface area contributed by atoms with Gasteiger partial charge in [0.2, 0.25) is 11.8 Å². The Morgan fingerprint density at radius 2 is 1.64 bits per heavy atom. The van der Waals surface area contributed by atoms with Crippen LogP contribution >= 0.6 is 0 Å². The minimum absolute atomic E-state index is 0.00498. The van der Waals surface area contributed by atoms with Crippen LogP contribution in [0.3, 0.4) is 0 Å². The van der Waals surface area contributed by atoms with Crippen molar-refractivity contribution in [1.29, 1.82) is 0 Å². The molecule has 6 heteroatoms. The predicted octanol–water partition coefficient (Wildman–Crippen LogP) is 2.07. The second-order valence-electron chi connectivity index (χ2n) is 6.38. The number of rotatable bonds is 4. The molecular formula is C16H26N2O4. The van der Waals surface area contributed by atoms with Gasteiger partial charge in [0.05, 0.1) is 14.2 Å². The summed E-state index contributed by atoms with van der Waals surface area (Å²) >= 11 is 0. The first-order chi connectivity index (χ1) is 10.4. The van der Waals surface area contributed by atoms with E-state index in [2.05, 4.69) is 25.8 Å². The fraction of sp³-hybridized carbons (Fsp3) is 0.812. The molecule has 0 saturated heterocycles. The largest absolute Gasteiger partial charge is 0.483 e. The summed E-state index contributed by atoms with van der Waals surface area (Å²) in [6.07, 6.45) is 0.870. The molecule has 0 aromatic heterocycles. The van der Waals surface area contributed by atoms with Gasteiger partial charge in [-0.1, -0.05) is 20.8 Å². The highest BCUT2D eigenvalue weighted by Gasteiger charge is 2.49. The zero-order valence-corrected chi connectivity index (χ0v) is 14.2. The molecule has 0 spiro atoms. The highest BCUT2D eigenvalue weighted by molar-refractivity contribution is 5.94. The van der Waals surface area contributed by atoms with E-state index in [1.165, 1.54) is 6.92 Å². The molecule has 2 aliphatic rings. The Kier molecular flexibility index (Phi) is 5.08. The van der Waals surface area contributed by atoms with Crippen molar-refractivity contribution in [3.05, 3.63) is 0 Å². The van der Waals surface area contributed by atoms with Crippen LogP contribution in [0, 0.1) is 17.8 Å². The minimum atomic E-state index is -0.232. The summed E-state index contributed by atoms with van der Waals surface area (Å²) in [5, 5.41) is 0. The van der Waals surface area contributed by atoms with Crippen LogP contribution in [0.4, 0.5) is 0 Å². The fourth-order valence-electron chi connectivity index (χ4n) is 2.99. The molecule has 0 bridgehead atoms. The molecule has 1 saturated carbocycles. The third-order valence-corrected chi connectivity index (χ3v) is 4.36. The standard InChI is InChI=1S/C16H26N2O4/c1-8(2)13-15(20-5)18-14(16(17-13)21-6)9(3)11-7-12(11)22-10(4)19/h8-9,11-14H,7H2,1-6H3/t9-,11-,12-,13-,14+/m1/s1. The quantitative estimate of drug-likeness (QED) is 0.745. The topological polar surface area (TPSA) is 69.5 Å². The zero-order chi connectivity index (χ0) is 16.4. The molecule has 5 atom stereocenters. The molecular weight excluding hydrogens is 284 g/mol. The number of hydrogen-bond acceptors (Lipinski definition) is 6. The van der Waals surface area contributed by atoms with Gasteiger partial charge < -0.3 is 14.2 Å². The van der Waals surface area contributed by atoms with Crippen LogP contribution in [0.5, 0.6) is 0 Å². The van der Waals surface area contributed by atoms with E-state index in [1.54, 1.807) is 14.2 Å². The van der Waals surface area contributed by atoms with E-state index in [1.807, 2.05) is 0 Å². The van der Waals surface area contributed by atoms with Gasteiger partial charge in [-0.15, -0.1) is 0 Å². The lowest BCUT2D eigenvalue weighted by Crippen LogP contribution is -2.40. The minimum Gasteiger partial charge on any atom is -0.483 e. The Balaban J connectivity index is 2.14. The number of carbonyl (C=O) groups excluding carboxylic acids is 1. The molecule has 124 valence electrons. The molecule has 0 unspecified atom stereocenters. The second kappa shape index (κ2) is 6.67. The van der Waals surface area contributed by atoms with E-state index in [0.717, 1.165) is 6.42 Å². The smallest absolute Gasteiger partial charge is 0.302 e. The molecule has 0 aromatic rings.